The maximum absolute atomic E-state index is 5.95. The Morgan fingerprint density at radius 3 is 2.80 bits per heavy atom. The summed E-state index contributed by atoms with van der Waals surface area (Å²) in [4.78, 5) is 7.98. The molecule has 0 unspecified atom stereocenters. The van der Waals surface area contributed by atoms with Gasteiger partial charge in [0.05, 0.1) is 6.26 Å². The van der Waals surface area contributed by atoms with E-state index in [2.05, 4.69) is 9.97 Å². The third kappa shape index (κ3) is 1.28. The fourth-order valence-corrected chi connectivity index (χ4v) is 2.00. The highest BCUT2D eigenvalue weighted by atomic mass is 35.5. The second-order valence-electron chi connectivity index (χ2n) is 3.08. The van der Waals surface area contributed by atoms with Gasteiger partial charge in [0.15, 0.2) is 5.58 Å². The summed E-state index contributed by atoms with van der Waals surface area (Å²) in [7, 11) is 0. The summed E-state index contributed by atoms with van der Waals surface area (Å²) in [6, 6.07) is 5.62. The zero-order valence-corrected chi connectivity index (χ0v) is 8.88. The van der Waals surface area contributed by atoms with Crippen LogP contribution in [0.5, 0.6) is 0 Å². The van der Waals surface area contributed by atoms with Gasteiger partial charge in [0.25, 0.3) is 0 Å². The molecule has 0 aliphatic rings. The minimum atomic E-state index is 0.122. The molecule has 15 heavy (non-hydrogen) atoms. The molecule has 0 saturated heterocycles. The summed E-state index contributed by atoms with van der Waals surface area (Å²) in [6.07, 6.45) is 1.61. The first-order valence-corrected chi connectivity index (χ1v) is 5.00. The largest absolute Gasteiger partial charge is 0.462 e. The van der Waals surface area contributed by atoms with E-state index in [1.165, 1.54) is 0 Å². The molecule has 0 atom stereocenters. The molecule has 3 rings (SSSR count). The first-order chi connectivity index (χ1) is 7.25. The van der Waals surface area contributed by atoms with Crippen molar-refractivity contribution in [1.29, 1.82) is 0 Å². The van der Waals surface area contributed by atoms with E-state index in [0.29, 0.717) is 16.3 Å². The van der Waals surface area contributed by atoms with Crippen molar-refractivity contribution in [3.05, 3.63) is 34.9 Å². The van der Waals surface area contributed by atoms with Gasteiger partial charge in [-0.2, -0.15) is 0 Å². The van der Waals surface area contributed by atoms with Crippen LogP contribution in [0.25, 0.3) is 21.9 Å². The predicted molar refractivity (Wildman–Crippen MR) is 59.3 cm³/mol. The molecule has 2 aromatic heterocycles. The lowest BCUT2D eigenvalue weighted by molar-refractivity contribution is 0.618. The van der Waals surface area contributed by atoms with Gasteiger partial charge in [-0.25, -0.2) is 9.97 Å². The predicted octanol–water partition coefficient (Wildman–Crippen LogP) is 3.68. The third-order valence-corrected chi connectivity index (χ3v) is 2.67. The number of nitrogens with zero attached hydrogens (tertiary/aromatic N) is 2. The summed E-state index contributed by atoms with van der Waals surface area (Å²) in [6.45, 7) is 0. The zero-order chi connectivity index (χ0) is 10.4. The van der Waals surface area contributed by atoms with Crippen molar-refractivity contribution in [2.75, 3.05) is 0 Å². The van der Waals surface area contributed by atoms with E-state index < -0.39 is 0 Å². The highest BCUT2D eigenvalue weighted by molar-refractivity contribution is 6.36. The second kappa shape index (κ2) is 3.08. The van der Waals surface area contributed by atoms with Gasteiger partial charge >= 0.3 is 0 Å². The number of fused-ring (bicyclic) bond motifs is 3. The Labute approximate surface area is 94.6 Å². The van der Waals surface area contributed by atoms with Crippen LogP contribution in [0.4, 0.5) is 0 Å². The Bertz CT molecular complexity index is 663. The summed E-state index contributed by atoms with van der Waals surface area (Å²) in [5.74, 6) is 0. The van der Waals surface area contributed by atoms with Crippen LogP contribution in [0.2, 0.25) is 10.4 Å². The van der Waals surface area contributed by atoms with Crippen molar-refractivity contribution in [3.8, 4) is 0 Å². The van der Waals surface area contributed by atoms with E-state index in [1.807, 2.05) is 18.2 Å². The number of aromatic nitrogens is 2. The number of hydrogen-bond donors (Lipinski definition) is 0. The summed E-state index contributed by atoms with van der Waals surface area (Å²) < 4.78 is 5.33. The molecular weight excluding hydrogens is 235 g/mol. The molecule has 0 spiro atoms. The number of hydrogen-bond acceptors (Lipinski definition) is 3. The van der Waals surface area contributed by atoms with Gasteiger partial charge in [-0.05, 0) is 23.7 Å². The molecule has 0 N–H and O–H groups in total. The number of halogens is 2. The molecule has 3 nitrogen and oxygen atoms in total. The highest BCUT2D eigenvalue weighted by Crippen LogP contribution is 2.29. The minimum absolute atomic E-state index is 0.122. The Hall–Kier alpha value is -1.32. The SMILES string of the molecule is Clc1nc(Cl)c2ccc3ccoc3c2n1. The lowest BCUT2D eigenvalue weighted by atomic mass is 10.2. The molecule has 3 aromatic rings. The van der Waals surface area contributed by atoms with Gasteiger partial charge in [-0.1, -0.05) is 17.7 Å². The van der Waals surface area contributed by atoms with Crippen LogP contribution in [-0.2, 0) is 0 Å². The van der Waals surface area contributed by atoms with E-state index in [-0.39, 0.29) is 5.28 Å². The summed E-state index contributed by atoms with van der Waals surface area (Å²) in [5.41, 5.74) is 1.32. The van der Waals surface area contributed by atoms with E-state index in [0.717, 1.165) is 10.8 Å². The van der Waals surface area contributed by atoms with Gasteiger partial charge in [-0.3, -0.25) is 0 Å². The van der Waals surface area contributed by atoms with Gasteiger partial charge < -0.3 is 4.42 Å². The van der Waals surface area contributed by atoms with E-state index in [4.69, 9.17) is 27.6 Å². The zero-order valence-electron chi connectivity index (χ0n) is 7.37. The fourth-order valence-electron chi connectivity index (χ4n) is 1.55. The van der Waals surface area contributed by atoms with Crippen molar-refractivity contribution in [2.24, 2.45) is 0 Å². The van der Waals surface area contributed by atoms with Crippen LogP contribution in [0, 0.1) is 0 Å². The first-order valence-electron chi connectivity index (χ1n) is 4.24. The molecular formula is C10H4Cl2N2O. The minimum Gasteiger partial charge on any atom is -0.462 e. The molecule has 0 radical (unpaired) electrons. The topological polar surface area (TPSA) is 38.9 Å². The quantitative estimate of drug-likeness (QED) is 0.443. The van der Waals surface area contributed by atoms with E-state index >= 15 is 0 Å². The molecule has 0 fully saturated rings. The second-order valence-corrected chi connectivity index (χ2v) is 3.78. The van der Waals surface area contributed by atoms with Crippen molar-refractivity contribution in [1.82, 2.24) is 9.97 Å². The fraction of sp³-hybridized carbons (Fsp3) is 0. The van der Waals surface area contributed by atoms with Crippen LogP contribution in [0.3, 0.4) is 0 Å². The molecule has 0 amide bonds. The molecule has 1 aromatic carbocycles. The monoisotopic (exact) mass is 238 g/mol. The maximum Gasteiger partial charge on any atom is 0.224 e. The number of benzene rings is 1. The van der Waals surface area contributed by atoms with Gasteiger partial charge in [-0.15, -0.1) is 0 Å². The molecule has 0 saturated carbocycles. The first kappa shape index (κ1) is 8.95. The lowest BCUT2D eigenvalue weighted by Gasteiger charge is -2.00. The average Bonchev–Trinajstić information content (AvgIpc) is 2.65. The van der Waals surface area contributed by atoms with Gasteiger partial charge in [0.1, 0.15) is 10.7 Å². The smallest absolute Gasteiger partial charge is 0.224 e. The van der Waals surface area contributed by atoms with Crippen LogP contribution in [-0.4, -0.2) is 9.97 Å². The maximum atomic E-state index is 5.95. The third-order valence-electron chi connectivity index (χ3n) is 2.21. The van der Waals surface area contributed by atoms with Crippen molar-refractivity contribution < 1.29 is 4.42 Å². The molecule has 0 aliphatic carbocycles. The lowest BCUT2D eigenvalue weighted by Crippen LogP contribution is -1.86. The Morgan fingerprint density at radius 2 is 1.93 bits per heavy atom. The molecule has 5 heteroatoms. The van der Waals surface area contributed by atoms with Crippen molar-refractivity contribution in [2.45, 2.75) is 0 Å². The van der Waals surface area contributed by atoms with E-state index in [1.54, 1.807) is 6.26 Å². The van der Waals surface area contributed by atoms with Crippen molar-refractivity contribution >= 4 is 45.1 Å². The average molecular weight is 239 g/mol. The van der Waals surface area contributed by atoms with Crippen LogP contribution < -0.4 is 0 Å². The van der Waals surface area contributed by atoms with Crippen LogP contribution in [0.1, 0.15) is 0 Å². The Balaban J connectivity index is 2.61. The summed E-state index contributed by atoms with van der Waals surface area (Å²) in [5, 5.41) is 2.16. The van der Waals surface area contributed by atoms with E-state index in [9.17, 15) is 0 Å². The molecule has 0 aliphatic heterocycles. The standard InChI is InChI=1S/C10H4Cl2N2O/c11-9-6-2-1-5-3-4-15-8(5)7(6)13-10(12)14-9/h1-4H. The van der Waals surface area contributed by atoms with Crippen LogP contribution >= 0.6 is 23.2 Å². The highest BCUT2D eigenvalue weighted by Gasteiger charge is 2.09. The Kier molecular flexibility index (Phi) is 1.84. The number of rotatable bonds is 0. The molecule has 2 heterocycles. The Morgan fingerprint density at radius 1 is 1.07 bits per heavy atom. The van der Waals surface area contributed by atoms with Crippen LogP contribution in [0.15, 0.2) is 28.9 Å². The summed E-state index contributed by atoms with van der Waals surface area (Å²) >= 11 is 11.7. The normalized spacial score (nSPS) is 11.3. The van der Waals surface area contributed by atoms with Gasteiger partial charge in [0, 0.05) is 10.8 Å². The molecule has 0 bridgehead atoms. The number of furan rings is 1. The van der Waals surface area contributed by atoms with Gasteiger partial charge in [0.2, 0.25) is 5.28 Å². The molecule has 74 valence electrons. The van der Waals surface area contributed by atoms with Crippen molar-refractivity contribution in [3.63, 3.8) is 0 Å².